The smallest absolute Gasteiger partial charge is 0.262 e. The molecule has 0 spiro atoms. The molecule has 134 valence electrons. The molecule has 1 atom stereocenters. The van der Waals surface area contributed by atoms with Crippen molar-refractivity contribution in [2.75, 3.05) is 19.0 Å². The summed E-state index contributed by atoms with van der Waals surface area (Å²) >= 11 is 3.38. The second kappa shape index (κ2) is 7.70. The van der Waals surface area contributed by atoms with Gasteiger partial charge < -0.3 is 10.1 Å². The van der Waals surface area contributed by atoms with E-state index in [1.807, 2.05) is 24.3 Å². The number of alkyl halides is 1. The minimum atomic E-state index is -0.447. The van der Waals surface area contributed by atoms with Gasteiger partial charge in [0.25, 0.3) is 11.8 Å². The van der Waals surface area contributed by atoms with Crippen LogP contribution >= 0.6 is 15.9 Å². The molecule has 0 aliphatic carbocycles. The molecule has 2 aromatic carbocycles. The van der Waals surface area contributed by atoms with E-state index in [0.717, 1.165) is 10.5 Å². The molecule has 1 unspecified atom stereocenters. The lowest BCUT2D eigenvalue weighted by Gasteiger charge is -2.19. The first-order valence-corrected chi connectivity index (χ1v) is 9.11. The summed E-state index contributed by atoms with van der Waals surface area (Å²) in [7, 11) is 1.57. The van der Waals surface area contributed by atoms with Crippen LogP contribution in [-0.2, 0) is 4.79 Å². The molecule has 0 saturated carbocycles. The van der Waals surface area contributed by atoms with E-state index in [2.05, 4.69) is 21.2 Å². The first-order chi connectivity index (χ1) is 12.5. The normalized spacial score (nSPS) is 14.2. The van der Waals surface area contributed by atoms with Crippen molar-refractivity contribution < 1.29 is 19.1 Å². The summed E-state index contributed by atoms with van der Waals surface area (Å²) < 4.78 is 5.20. The summed E-state index contributed by atoms with van der Waals surface area (Å²) in [5.74, 6) is -0.620. The van der Waals surface area contributed by atoms with E-state index in [9.17, 15) is 14.4 Å². The number of amides is 3. The second-order valence-electron chi connectivity index (χ2n) is 5.79. The molecular formula is C19H17BrN2O4. The number of hydrogen-bond acceptors (Lipinski definition) is 4. The van der Waals surface area contributed by atoms with Crippen LogP contribution in [0, 0.1) is 0 Å². The fourth-order valence-electron chi connectivity index (χ4n) is 2.84. The van der Waals surface area contributed by atoms with Gasteiger partial charge in [-0.1, -0.05) is 40.2 Å². The summed E-state index contributed by atoms with van der Waals surface area (Å²) in [4.78, 5) is 38.1. The Labute approximate surface area is 159 Å². The van der Waals surface area contributed by atoms with Crippen molar-refractivity contribution in [3.05, 3.63) is 65.2 Å². The predicted molar refractivity (Wildman–Crippen MR) is 99.5 cm³/mol. The Kier molecular flexibility index (Phi) is 5.37. The first kappa shape index (κ1) is 18.1. The molecule has 0 radical (unpaired) electrons. The van der Waals surface area contributed by atoms with Crippen molar-refractivity contribution in [1.82, 2.24) is 10.2 Å². The van der Waals surface area contributed by atoms with Crippen LogP contribution in [0.1, 0.15) is 32.3 Å². The molecule has 1 heterocycles. The molecule has 3 rings (SSSR count). The third kappa shape index (κ3) is 3.48. The topological polar surface area (TPSA) is 75.7 Å². The summed E-state index contributed by atoms with van der Waals surface area (Å²) in [6.45, 7) is -0.320. The van der Waals surface area contributed by atoms with E-state index in [1.54, 1.807) is 31.4 Å². The van der Waals surface area contributed by atoms with Crippen LogP contribution in [0.2, 0.25) is 0 Å². The van der Waals surface area contributed by atoms with Gasteiger partial charge in [0.15, 0.2) is 0 Å². The van der Waals surface area contributed by atoms with Crippen LogP contribution in [0.15, 0.2) is 48.5 Å². The fourth-order valence-corrected chi connectivity index (χ4v) is 3.37. The fraction of sp³-hybridized carbons (Fsp3) is 0.211. The number of methoxy groups -OCH3 is 1. The van der Waals surface area contributed by atoms with Gasteiger partial charge in [-0.15, -0.1) is 0 Å². The van der Waals surface area contributed by atoms with Gasteiger partial charge in [-0.05, 0) is 29.8 Å². The first-order valence-electron chi connectivity index (χ1n) is 7.99. The van der Waals surface area contributed by atoms with Gasteiger partial charge in [-0.25, -0.2) is 0 Å². The maximum absolute atomic E-state index is 12.4. The third-order valence-corrected chi connectivity index (χ3v) is 4.81. The lowest BCUT2D eigenvalue weighted by atomic mass is 10.1. The number of carbonyl (C=O) groups is 3. The van der Waals surface area contributed by atoms with Gasteiger partial charge in [0.05, 0.1) is 24.3 Å². The number of ether oxygens (including phenoxy) is 1. The molecule has 26 heavy (non-hydrogen) atoms. The minimum Gasteiger partial charge on any atom is -0.497 e. The lowest BCUT2D eigenvalue weighted by Crippen LogP contribution is -2.41. The Morgan fingerprint density at radius 3 is 2.35 bits per heavy atom. The number of hydrogen-bond donors (Lipinski definition) is 1. The molecule has 0 bridgehead atoms. The number of carbonyl (C=O) groups excluding carboxylic acids is 3. The zero-order valence-electron chi connectivity index (χ0n) is 14.1. The van der Waals surface area contributed by atoms with E-state index in [1.165, 1.54) is 0 Å². The minimum absolute atomic E-state index is 0.312. The van der Waals surface area contributed by atoms with Crippen molar-refractivity contribution in [3.63, 3.8) is 0 Å². The molecule has 1 aliphatic heterocycles. The van der Waals surface area contributed by atoms with Gasteiger partial charge >= 0.3 is 0 Å². The highest BCUT2D eigenvalue weighted by molar-refractivity contribution is 9.09. The van der Waals surface area contributed by atoms with Crippen LogP contribution in [-0.4, -0.2) is 41.6 Å². The lowest BCUT2D eigenvalue weighted by molar-refractivity contribution is -0.122. The molecule has 0 saturated heterocycles. The van der Waals surface area contributed by atoms with Crippen molar-refractivity contribution >= 4 is 33.7 Å². The average Bonchev–Trinajstić information content (AvgIpc) is 2.91. The quantitative estimate of drug-likeness (QED) is 0.579. The zero-order chi connectivity index (χ0) is 18.7. The average molecular weight is 417 g/mol. The molecule has 3 amide bonds. The molecular weight excluding hydrogens is 400 g/mol. The number of rotatable bonds is 6. The molecule has 2 aromatic rings. The highest BCUT2D eigenvalue weighted by Crippen LogP contribution is 2.23. The summed E-state index contributed by atoms with van der Waals surface area (Å²) in [5.41, 5.74) is 1.52. The van der Waals surface area contributed by atoms with Crippen LogP contribution in [0.4, 0.5) is 0 Å². The molecule has 6 nitrogen and oxygen atoms in total. The van der Waals surface area contributed by atoms with Gasteiger partial charge in [-0.3, -0.25) is 19.3 Å². The van der Waals surface area contributed by atoms with E-state index in [4.69, 9.17) is 4.74 Å². The van der Waals surface area contributed by atoms with Crippen molar-refractivity contribution in [1.29, 1.82) is 0 Å². The van der Waals surface area contributed by atoms with Crippen LogP contribution in [0.3, 0.4) is 0 Å². The van der Waals surface area contributed by atoms with Gasteiger partial charge in [0.1, 0.15) is 12.3 Å². The summed E-state index contributed by atoms with van der Waals surface area (Å²) in [6.07, 6.45) is 0. The maximum Gasteiger partial charge on any atom is 0.262 e. The zero-order valence-corrected chi connectivity index (χ0v) is 15.7. The standard InChI is InChI=1S/C19H17BrN2O4/c1-26-13-6-4-5-12(9-13)16(10-20)21-17(23)11-22-18(24)14-7-2-3-8-15(14)19(22)25/h2-9,16H,10-11H2,1H3,(H,21,23). The van der Waals surface area contributed by atoms with Crippen molar-refractivity contribution in [3.8, 4) is 5.75 Å². The highest BCUT2D eigenvalue weighted by atomic mass is 79.9. The number of fused-ring (bicyclic) bond motifs is 1. The summed E-state index contributed by atoms with van der Waals surface area (Å²) in [5, 5.41) is 3.32. The molecule has 0 fully saturated rings. The van der Waals surface area contributed by atoms with Crippen LogP contribution in [0.5, 0.6) is 5.75 Å². The SMILES string of the molecule is COc1cccc(C(CBr)NC(=O)CN2C(=O)c3ccccc3C2=O)c1. The van der Waals surface area contributed by atoms with Gasteiger partial charge in [0, 0.05) is 5.33 Å². The molecule has 1 N–H and O–H groups in total. The Morgan fingerprint density at radius 1 is 1.12 bits per heavy atom. The largest absolute Gasteiger partial charge is 0.497 e. The monoisotopic (exact) mass is 416 g/mol. The number of nitrogens with zero attached hydrogens (tertiary/aromatic N) is 1. The predicted octanol–water partition coefficient (Wildman–Crippen LogP) is 2.54. The molecule has 0 aromatic heterocycles. The molecule has 7 heteroatoms. The third-order valence-electron chi connectivity index (χ3n) is 4.17. The van der Waals surface area contributed by atoms with E-state index >= 15 is 0 Å². The number of benzene rings is 2. The van der Waals surface area contributed by atoms with Crippen LogP contribution < -0.4 is 10.1 Å². The highest BCUT2D eigenvalue weighted by Gasteiger charge is 2.36. The van der Waals surface area contributed by atoms with E-state index in [-0.39, 0.29) is 12.6 Å². The summed E-state index contributed by atoms with van der Waals surface area (Å²) in [6, 6.07) is 13.6. The van der Waals surface area contributed by atoms with Crippen LogP contribution in [0.25, 0.3) is 0 Å². The van der Waals surface area contributed by atoms with Gasteiger partial charge in [-0.2, -0.15) is 0 Å². The second-order valence-corrected chi connectivity index (χ2v) is 6.44. The number of imide groups is 1. The van der Waals surface area contributed by atoms with E-state index < -0.39 is 17.7 Å². The van der Waals surface area contributed by atoms with Gasteiger partial charge in [0.2, 0.25) is 5.91 Å². The maximum atomic E-state index is 12.4. The van der Waals surface area contributed by atoms with Crippen molar-refractivity contribution in [2.24, 2.45) is 0 Å². The Balaban J connectivity index is 1.70. The van der Waals surface area contributed by atoms with E-state index in [0.29, 0.717) is 22.2 Å². The Hall–Kier alpha value is -2.67. The van der Waals surface area contributed by atoms with Crippen molar-refractivity contribution in [2.45, 2.75) is 6.04 Å². The Bertz CT molecular complexity index is 833. The number of halogens is 1. The number of nitrogens with one attached hydrogen (secondary N) is 1. The Morgan fingerprint density at radius 2 is 1.77 bits per heavy atom. The molecule has 1 aliphatic rings.